The molecular weight excluding hydrogens is 473 g/mol. The number of anilines is 1. The monoisotopic (exact) mass is 502 g/mol. The van der Waals surface area contributed by atoms with Gasteiger partial charge in [0.25, 0.3) is 5.91 Å². The van der Waals surface area contributed by atoms with Crippen LogP contribution in [-0.2, 0) is 10.2 Å². The highest BCUT2D eigenvalue weighted by Gasteiger charge is 2.36. The van der Waals surface area contributed by atoms with E-state index in [0.717, 1.165) is 24.5 Å². The summed E-state index contributed by atoms with van der Waals surface area (Å²) in [6.07, 6.45) is 4.32. The van der Waals surface area contributed by atoms with Gasteiger partial charge in [-0.15, -0.1) is 0 Å². The van der Waals surface area contributed by atoms with Crippen LogP contribution in [0.15, 0.2) is 60.5 Å². The Morgan fingerprint density at radius 2 is 1.83 bits per heavy atom. The van der Waals surface area contributed by atoms with E-state index in [4.69, 9.17) is 5.11 Å². The minimum Gasteiger partial charge on any atom is -0.481 e. The summed E-state index contributed by atoms with van der Waals surface area (Å²) in [6.45, 7) is 3.91. The van der Waals surface area contributed by atoms with Crippen molar-refractivity contribution in [2.45, 2.75) is 57.2 Å². The number of nitrogens with one attached hydrogen (secondary N) is 2. The number of amides is 1. The van der Waals surface area contributed by atoms with Crippen LogP contribution in [0.25, 0.3) is 0 Å². The number of hydrogen-bond donors (Lipinski definition) is 3. The number of carboxylic acids is 1. The maximum Gasteiger partial charge on any atom is 0.416 e. The number of rotatable bonds is 10. The topological polar surface area (TPSA) is 104 Å². The van der Waals surface area contributed by atoms with Crippen LogP contribution in [0, 0.1) is 0 Å². The summed E-state index contributed by atoms with van der Waals surface area (Å²) in [5, 5.41) is 14.7. The summed E-state index contributed by atoms with van der Waals surface area (Å²) >= 11 is 0. The molecule has 1 amide bonds. The smallest absolute Gasteiger partial charge is 0.416 e. The maximum absolute atomic E-state index is 12.9. The highest BCUT2D eigenvalue weighted by molar-refractivity contribution is 5.94. The van der Waals surface area contributed by atoms with Crippen LogP contribution in [0.4, 0.5) is 18.9 Å². The molecule has 7 nitrogen and oxygen atoms in total. The maximum atomic E-state index is 12.9. The number of nitrogens with zero attached hydrogens (tertiary/aromatic N) is 2. The Balaban J connectivity index is 1.66. The first-order valence-electron chi connectivity index (χ1n) is 11.7. The number of alkyl halides is 3. The Hall–Kier alpha value is -3.69. The molecule has 1 heterocycles. The van der Waals surface area contributed by atoms with Crippen molar-refractivity contribution in [2.75, 3.05) is 11.9 Å². The molecule has 192 valence electrons. The van der Waals surface area contributed by atoms with Crippen molar-refractivity contribution >= 4 is 17.6 Å². The van der Waals surface area contributed by atoms with Crippen LogP contribution in [0.3, 0.4) is 0 Å². The van der Waals surface area contributed by atoms with Crippen molar-refractivity contribution in [1.29, 1.82) is 0 Å². The van der Waals surface area contributed by atoms with Crippen LogP contribution in [0.1, 0.15) is 67.3 Å². The summed E-state index contributed by atoms with van der Waals surface area (Å²) in [4.78, 5) is 31.6. The van der Waals surface area contributed by atoms with E-state index >= 15 is 0 Å². The molecular formula is C26H29F3N4O3. The fraction of sp³-hybridized carbons (Fsp3) is 0.385. The lowest BCUT2D eigenvalue weighted by molar-refractivity contribution is -0.136. The Kier molecular flexibility index (Phi) is 8.49. The molecule has 1 aliphatic rings. The summed E-state index contributed by atoms with van der Waals surface area (Å²) in [5.74, 6) is -0.880. The molecule has 10 heteroatoms. The average Bonchev–Trinajstić information content (AvgIpc) is 2.83. The van der Waals surface area contributed by atoms with Gasteiger partial charge in [-0.2, -0.15) is 13.2 Å². The van der Waals surface area contributed by atoms with Gasteiger partial charge in [0.05, 0.1) is 36.1 Å². The zero-order chi connectivity index (χ0) is 26.3. The number of aliphatic carboxylic acids is 1. The molecule has 1 aromatic heterocycles. The predicted molar refractivity (Wildman–Crippen MR) is 130 cm³/mol. The SMILES string of the molecule is CCCC(Nc1cnc(C2(C)C=CC(C(F)(F)F)=CC2)nc1)c1ccc(C(=O)NCCC(=O)O)cc1. The predicted octanol–water partition coefficient (Wildman–Crippen LogP) is 5.34. The summed E-state index contributed by atoms with van der Waals surface area (Å²) in [6, 6.07) is 6.99. The molecule has 1 aromatic carbocycles. The zero-order valence-corrected chi connectivity index (χ0v) is 20.1. The number of carbonyl (C=O) groups is 2. The van der Waals surface area contributed by atoms with Gasteiger partial charge < -0.3 is 15.7 Å². The third-order valence-electron chi connectivity index (χ3n) is 5.98. The number of carbonyl (C=O) groups excluding carboxylic acids is 1. The Bertz CT molecular complexity index is 1130. The van der Waals surface area contributed by atoms with Crippen LogP contribution in [0.2, 0.25) is 0 Å². The molecule has 2 atom stereocenters. The van der Waals surface area contributed by atoms with E-state index in [-0.39, 0.29) is 31.3 Å². The van der Waals surface area contributed by atoms with Gasteiger partial charge in [-0.3, -0.25) is 9.59 Å². The van der Waals surface area contributed by atoms with Gasteiger partial charge in [0, 0.05) is 17.5 Å². The van der Waals surface area contributed by atoms with Crippen molar-refractivity contribution in [3.8, 4) is 0 Å². The number of carboxylic acid groups (broad SMARTS) is 1. The van der Waals surface area contributed by atoms with E-state index in [2.05, 4.69) is 27.5 Å². The van der Waals surface area contributed by atoms with Crippen molar-refractivity contribution in [2.24, 2.45) is 0 Å². The first-order chi connectivity index (χ1) is 17.0. The lowest BCUT2D eigenvalue weighted by atomic mass is 9.81. The standard InChI is InChI=1S/C26H29F3N4O3/c1-3-4-21(17-5-7-18(8-6-17)23(36)30-14-11-22(34)35)33-20-15-31-24(32-16-20)25(2)12-9-19(10-13-25)26(27,28)29/h5-10,12,15-16,21,33H,3-4,11,13-14H2,1-2H3,(H,30,36)(H,34,35). The molecule has 3 rings (SSSR count). The number of hydrogen-bond acceptors (Lipinski definition) is 5. The molecule has 0 saturated heterocycles. The second-order valence-corrected chi connectivity index (χ2v) is 8.91. The summed E-state index contributed by atoms with van der Waals surface area (Å²) < 4.78 is 38.7. The molecule has 2 aromatic rings. The highest BCUT2D eigenvalue weighted by atomic mass is 19.4. The molecule has 3 N–H and O–H groups in total. The van der Waals surface area contributed by atoms with Crippen molar-refractivity contribution in [3.05, 3.63) is 77.4 Å². The third-order valence-corrected chi connectivity index (χ3v) is 5.98. The Morgan fingerprint density at radius 3 is 2.36 bits per heavy atom. The Labute approximate surface area is 207 Å². The minimum absolute atomic E-state index is 0.0561. The molecule has 0 aliphatic heterocycles. The number of benzene rings is 1. The molecule has 2 unspecified atom stereocenters. The van der Waals surface area contributed by atoms with Gasteiger partial charge in [-0.1, -0.05) is 43.7 Å². The minimum atomic E-state index is -4.37. The summed E-state index contributed by atoms with van der Waals surface area (Å²) in [5.41, 5.74) is 0.669. The zero-order valence-electron chi connectivity index (χ0n) is 20.1. The molecule has 0 radical (unpaired) electrons. The second kappa shape index (κ2) is 11.4. The van der Waals surface area contributed by atoms with Gasteiger partial charge in [-0.25, -0.2) is 9.97 Å². The van der Waals surface area contributed by atoms with E-state index in [9.17, 15) is 22.8 Å². The largest absolute Gasteiger partial charge is 0.481 e. The van der Waals surface area contributed by atoms with E-state index in [1.807, 2.05) is 12.1 Å². The molecule has 0 spiro atoms. The lowest BCUT2D eigenvalue weighted by Crippen LogP contribution is -2.26. The van der Waals surface area contributed by atoms with Crippen molar-refractivity contribution in [3.63, 3.8) is 0 Å². The third kappa shape index (κ3) is 6.93. The van der Waals surface area contributed by atoms with Gasteiger partial charge >= 0.3 is 12.1 Å². The number of allylic oxidation sites excluding steroid dienone is 4. The van der Waals surface area contributed by atoms with Crippen molar-refractivity contribution in [1.82, 2.24) is 15.3 Å². The van der Waals surface area contributed by atoms with E-state index in [0.29, 0.717) is 17.1 Å². The fourth-order valence-electron chi connectivity index (χ4n) is 3.87. The van der Waals surface area contributed by atoms with E-state index < -0.39 is 23.1 Å². The van der Waals surface area contributed by atoms with Crippen molar-refractivity contribution < 1.29 is 27.9 Å². The van der Waals surface area contributed by atoms with Gasteiger partial charge in [0.2, 0.25) is 0 Å². The molecule has 0 bridgehead atoms. The van der Waals surface area contributed by atoms with Gasteiger partial charge in [0.1, 0.15) is 5.82 Å². The molecule has 0 fully saturated rings. The number of aromatic nitrogens is 2. The normalized spacial score (nSPS) is 18.3. The average molecular weight is 503 g/mol. The van der Waals surface area contributed by atoms with E-state index in [1.54, 1.807) is 31.5 Å². The van der Waals surface area contributed by atoms with Crippen LogP contribution in [-0.4, -0.2) is 39.7 Å². The molecule has 1 aliphatic carbocycles. The van der Waals surface area contributed by atoms with Crippen LogP contribution >= 0.6 is 0 Å². The first-order valence-corrected chi connectivity index (χ1v) is 11.7. The first kappa shape index (κ1) is 26.9. The number of halogens is 3. The second-order valence-electron chi connectivity index (χ2n) is 8.91. The lowest BCUT2D eigenvalue weighted by Gasteiger charge is -2.27. The highest BCUT2D eigenvalue weighted by Crippen LogP contribution is 2.37. The van der Waals surface area contributed by atoms with E-state index in [1.165, 1.54) is 12.2 Å². The van der Waals surface area contributed by atoms with Crippen LogP contribution < -0.4 is 10.6 Å². The fourth-order valence-corrected chi connectivity index (χ4v) is 3.87. The van der Waals surface area contributed by atoms with Gasteiger partial charge in [-0.05, 0) is 37.5 Å². The van der Waals surface area contributed by atoms with Gasteiger partial charge in [0.15, 0.2) is 0 Å². The molecule has 0 saturated carbocycles. The molecule has 36 heavy (non-hydrogen) atoms. The Morgan fingerprint density at radius 1 is 1.17 bits per heavy atom. The summed E-state index contributed by atoms with van der Waals surface area (Å²) in [7, 11) is 0. The quantitative estimate of drug-likeness (QED) is 0.405. The van der Waals surface area contributed by atoms with Crippen LogP contribution in [0.5, 0.6) is 0 Å².